The largest absolute Gasteiger partial charge is 0.396 e. The van der Waals surface area contributed by atoms with Crippen LogP contribution >= 0.6 is 0 Å². The molecule has 0 saturated carbocycles. The number of aliphatic hydroxyl groups excluding tert-OH is 1. The lowest BCUT2D eigenvalue weighted by molar-refractivity contribution is 0.231. The Balaban J connectivity index is 2.22. The molecule has 1 heterocycles. The first-order valence-electron chi connectivity index (χ1n) is 6.49. The number of benzene rings is 1. The van der Waals surface area contributed by atoms with Crippen molar-refractivity contribution in [1.29, 1.82) is 0 Å². The molecule has 0 radical (unpaired) electrons. The summed E-state index contributed by atoms with van der Waals surface area (Å²) in [5.41, 5.74) is 0.539. The number of hydrogen-bond acceptors (Lipinski definition) is 2. The summed E-state index contributed by atoms with van der Waals surface area (Å²) in [4.78, 5) is 0. The molecule has 0 aliphatic carbocycles. The zero-order valence-corrected chi connectivity index (χ0v) is 10.3. The van der Waals surface area contributed by atoms with Gasteiger partial charge in [0.25, 0.3) is 0 Å². The minimum Gasteiger partial charge on any atom is -0.396 e. The molecule has 1 atom stereocenters. The molecule has 1 saturated heterocycles. The Morgan fingerprint density at radius 2 is 2.00 bits per heavy atom. The van der Waals surface area contributed by atoms with Crippen LogP contribution in [-0.4, -0.2) is 24.8 Å². The normalized spacial score (nSPS) is 18.8. The predicted molar refractivity (Wildman–Crippen MR) is 66.4 cm³/mol. The zero-order valence-electron chi connectivity index (χ0n) is 10.3. The summed E-state index contributed by atoms with van der Waals surface area (Å²) < 4.78 is 26.8. The fourth-order valence-electron chi connectivity index (χ4n) is 2.83. The van der Waals surface area contributed by atoms with Gasteiger partial charge in [-0.1, -0.05) is 6.07 Å². The number of piperidine rings is 1. The van der Waals surface area contributed by atoms with Crippen molar-refractivity contribution in [3.63, 3.8) is 0 Å². The molecule has 0 aromatic heterocycles. The average Bonchev–Trinajstić information content (AvgIpc) is 2.38. The summed E-state index contributed by atoms with van der Waals surface area (Å²) in [6, 6.07) is 3.75. The molecule has 18 heavy (non-hydrogen) atoms. The molecular weight excluding hydrogens is 236 g/mol. The lowest BCUT2D eigenvalue weighted by atomic mass is 9.78. The van der Waals surface area contributed by atoms with Crippen molar-refractivity contribution in [2.75, 3.05) is 19.7 Å². The quantitative estimate of drug-likeness (QED) is 0.866. The molecular formula is C14H19F2NO. The molecule has 0 spiro atoms. The van der Waals surface area contributed by atoms with Gasteiger partial charge in [-0.3, -0.25) is 0 Å². The smallest absolute Gasteiger partial charge is 0.129 e. The van der Waals surface area contributed by atoms with E-state index in [2.05, 4.69) is 5.32 Å². The van der Waals surface area contributed by atoms with Crippen LogP contribution in [0, 0.1) is 17.6 Å². The first-order chi connectivity index (χ1) is 8.72. The number of hydrogen-bond donors (Lipinski definition) is 2. The Labute approximate surface area is 106 Å². The molecule has 2 N–H and O–H groups in total. The van der Waals surface area contributed by atoms with Crippen molar-refractivity contribution in [3.05, 3.63) is 35.4 Å². The zero-order chi connectivity index (χ0) is 13.0. The molecule has 2 rings (SSSR count). The molecule has 100 valence electrons. The summed E-state index contributed by atoms with van der Waals surface area (Å²) >= 11 is 0. The van der Waals surface area contributed by atoms with E-state index >= 15 is 0 Å². The first-order valence-corrected chi connectivity index (χ1v) is 6.49. The average molecular weight is 255 g/mol. The van der Waals surface area contributed by atoms with Crippen molar-refractivity contribution in [2.45, 2.75) is 25.2 Å². The van der Waals surface area contributed by atoms with E-state index in [1.807, 2.05) is 0 Å². The Bertz CT molecular complexity index is 391. The number of aliphatic hydroxyl groups is 1. The maximum Gasteiger partial charge on any atom is 0.129 e. The molecule has 4 heteroatoms. The second-order valence-corrected chi connectivity index (χ2v) is 4.87. The van der Waals surface area contributed by atoms with Crippen LogP contribution in [0.5, 0.6) is 0 Å². The summed E-state index contributed by atoms with van der Waals surface area (Å²) in [5, 5.41) is 12.4. The lowest BCUT2D eigenvalue weighted by Gasteiger charge is -2.31. The second-order valence-electron chi connectivity index (χ2n) is 4.87. The van der Waals surface area contributed by atoms with Crippen LogP contribution in [0.1, 0.15) is 30.7 Å². The van der Waals surface area contributed by atoms with Gasteiger partial charge in [0.05, 0.1) is 0 Å². The highest BCUT2D eigenvalue weighted by Gasteiger charge is 2.26. The topological polar surface area (TPSA) is 32.3 Å². The summed E-state index contributed by atoms with van der Waals surface area (Å²) in [7, 11) is 0. The Hall–Kier alpha value is -1.00. The summed E-state index contributed by atoms with van der Waals surface area (Å²) in [6.45, 7) is 1.89. The summed E-state index contributed by atoms with van der Waals surface area (Å²) in [6.07, 6.45) is 2.48. The van der Waals surface area contributed by atoms with E-state index < -0.39 is 11.6 Å². The third-order valence-corrected chi connectivity index (χ3v) is 3.75. The van der Waals surface area contributed by atoms with E-state index in [1.165, 1.54) is 12.1 Å². The second kappa shape index (κ2) is 6.25. The highest BCUT2D eigenvalue weighted by Crippen LogP contribution is 2.35. The van der Waals surface area contributed by atoms with Gasteiger partial charge < -0.3 is 10.4 Å². The van der Waals surface area contributed by atoms with Crippen molar-refractivity contribution in [3.8, 4) is 0 Å². The van der Waals surface area contributed by atoms with E-state index in [1.54, 1.807) is 0 Å². The molecule has 1 unspecified atom stereocenters. The lowest BCUT2D eigenvalue weighted by Crippen LogP contribution is -2.31. The maximum absolute atomic E-state index is 13.8. The molecule has 1 aliphatic rings. The maximum atomic E-state index is 13.8. The van der Waals surface area contributed by atoms with Crippen molar-refractivity contribution >= 4 is 0 Å². The van der Waals surface area contributed by atoms with Crippen LogP contribution in [0.2, 0.25) is 0 Å². The van der Waals surface area contributed by atoms with Crippen LogP contribution in [0.25, 0.3) is 0 Å². The minimum atomic E-state index is -0.552. The fraction of sp³-hybridized carbons (Fsp3) is 0.571. The highest BCUT2D eigenvalue weighted by molar-refractivity contribution is 5.23. The van der Waals surface area contributed by atoms with Gasteiger partial charge in [-0.2, -0.15) is 0 Å². The predicted octanol–water partition coefficient (Wildman–Crippen LogP) is 2.43. The van der Waals surface area contributed by atoms with Gasteiger partial charge in [-0.15, -0.1) is 0 Å². The van der Waals surface area contributed by atoms with Crippen LogP contribution in [0.4, 0.5) is 8.78 Å². The molecule has 1 aliphatic heterocycles. The third-order valence-electron chi connectivity index (χ3n) is 3.75. The van der Waals surface area contributed by atoms with E-state index in [4.69, 9.17) is 5.11 Å². The minimum absolute atomic E-state index is 0.0160. The van der Waals surface area contributed by atoms with Crippen LogP contribution in [-0.2, 0) is 0 Å². The van der Waals surface area contributed by atoms with Gasteiger partial charge in [0.2, 0.25) is 0 Å². The van der Waals surface area contributed by atoms with Crippen LogP contribution in [0.15, 0.2) is 18.2 Å². The van der Waals surface area contributed by atoms with Gasteiger partial charge in [0, 0.05) is 12.7 Å². The number of rotatable bonds is 4. The molecule has 0 amide bonds. The van der Waals surface area contributed by atoms with E-state index in [-0.39, 0.29) is 12.5 Å². The third kappa shape index (κ3) is 3.06. The number of nitrogens with one attached hydrogen (secondary N) is 1. The van der Waals surface area contributed by atoms with E-state index in [0.717, 1.165) is 32.0 Å². The van der Waals surface area contributed by atoms with Gasteiger partial charge in [0.1, 0.15) is 11.6 Å². The van der Waals surface area contributed by atoms with Crippen molar-refractivity contribution < 1.29 is 13.9 Å². The molecule has 1 fully saturated rings. The molecule has 0 bridgehead atoms. The standard InChI is InChI=1S/C14H19F2NO/c15-11-1-2-13(14(16)9-11)12(5-8-18)10-3-6-17-7-4-10/h1-2,9-10,12,17-18H,3-8H2. The Morgan fingerprint density at radius 1 is 1.28 bits per heavy atom. The molecule has 2 nitrogen and oxygen atoms in total. The van der Waals surface area contributed by atoms with Gasteiger partial charge >= 0.3 is 0 Å². The van der Waals surface area contributed by atoms with Gasteiger partial charge in [0.15, 0.2) is 0 Å². The Kier molecular flexibility index (Phi) is 4.66. The van der Waals surface area contributed by atoms with Crippen LogP contribution in [0.3, 0.4) is 0 Å². The van der Waals surface area contributed by atoms with Gasteiger partial charge in [-0.25, -0.2) is 8.78 Å². The van der Waals surface area contributed by atoms with E-state index in [0.29, 0.717) is 17.9 Å². The monoisotopic (exact) mass is 255 g/mol. The first kappa shape index (κ1) is 13.4. The fourth-order valence-corrected chi connectivity index (χ4v) is 2.83. The Morgan fingerprint density at radius 3 is 2.61 bits per heavy atom. The van der Waals surface area contributed by atoms with E-state index in [9.17, 15) is 8.78 Å². The molecule has 1 aromatic carbocycles. The van der Waals surface area contributed by atoms with Crippen molar-refractivity contribution in [1.82, 2.24) is 5.32 Å². The molecule has 1 aromatic rings. The summed E-state index contributed by atoms with van der Waals surface area (Å²) in [5.74, 6) is -0.702. The van der Waals surface area contributed by atoms with Gasteiger partial charge in [-0.05, 0) is 55.8 Å². The van der Waals surface area contributed by atoms with Crippen molar-refractivity contribution in [2.24, 2.45) is 5.92 Å². The highest BCUT2D eigenvalue weighted by atomic mass is 19.1. The van der Waals surface area contributed by atoms with Crippen LogP contribution < -0.4 is 5.32 Å². The SMILES string of the molecule is OCCC(c1ccc(F)cc1F)C1CCNCC1. The number of halogens is 2.